The van der Waals surface area contributed by atoms with Crippen LogP contribution in [0.4, 0.5) is 0 Å². The van der Waals surface area contributed by atoms with E-state index in [9.17, 15) is 0 Å². The summed E-state index contributed by atoms with van der Waals surface area (Å²) in [7, 11) is 0. The second-order valence-corrected chi connectivity index (χ2v) is 6.93. The minimum absolute atomic E-state index is 0.442. The molecule has 0 saturated heterocycles. The fourth-order valence-corrected chi connectivity index (χ4v) is 4.10. The minimum atomic E-state index is 0.442. The zero-order valence-corrected chi connectivity index (χ0v) is 12.9. The number of aryl methyl sites for hydroxylation is 1. The fourth-order valence-electron chi connectivity index (χ4n) is 2.91. The maximum absolute atomic E-state index is 5.78. The average Bonchev–Trinajstić information content (AvgIpc) is 2.43. The summed E-state index contributed by atoms with van der Waals surface area (Å²) < 4.78 is 0. The Kier molecular flexibility index (Phi) is 5.74. The van der Waals surface area contributed by atoms with Gasteiger partial charge in [0.15, 0.2) is 0 Å². The van der Waals surface area contributed by atoms with E-state index in [1.165, 1.54) is 36.1 Å². The number of nitrogens with one attached hydrogen (secondary N) is 1. The molecule has 3 heteroatoms. The maximum Gasteiger partial charge on any atom is 0.0332 e. The normalized spacial score (nSPS) is 25.2. The Morgan fingerprint density at radius 2 is 1.95 bits per heavy atom. The number of hydrogen-bond acceptors (Lipinski definition) is 3. The number of hydrogen-bond donors (Lipinski definition) is 2. The summed E-state index contributed by atoms with van der Waals surface area (Å²) >= 11 is 1.93. The van der Waals surface area contributed by atoms with Crippen molar-refractivity contribution in [2.75, 3.05) is 5.75 Å². The lowest BCUT2D eigenvalue weighted by atomic mass is 9.80. The molecule has 1 aliphatic rings. The molecule has 0 heterocycles. The Bertz CT molecular complexity index is 386. The molecule has 19 heavy (non-hydrogen) atoms. The lowest BCUT2D eigenvalue weighted by molar-refractivity contribution is 0.243. The first-order valence-corrected chi connectivity index (χ1v) is 8.34. The van der Waals surface area contributed by atoms with Gasteiger partial charge >= 0.3 is 0 Å². The molecule has 0 amide bonds. The first-order valence-electron chi connectivity index (χ1n) is 7.35. The van der Waals surface area contributed by atoms with Crippen molar-refractivity contribution in [1.82, 2.24) is 5.43 Å². The molecule has 1 unspecified atom stereocenters. The van der Waals surface area contributed by atoms with E-state index in [2.05, 4.69) is 43.5 Å². The summed E-state index contributed by atoms with van der Waals surface area (Å²) in [6.45, 7) is 4.54. The van der Waals surface area contributed by atoms with Crippen LogP contribution in [0.1, 0.15) is 38.2 Å². The molecule has 2 rings (SSSR count). The molecule has 0 aliphatic heterocycles. The highest BCUT2D eigenvalue weighted by Crippen LogP contribution is 2.32. The predicted molar refractivity (Wildman–Crippen MR) is 84.1 cm³/mol. The Morgan fingerprint density at radius 3 is 2.58 bits per heavy atom. The predicted octanol–water partition coefficient (Wildman–Crippen LogP) is 3.75. The van der Waals surface area contributed by atoms with Crippen LogP contribution in [0.15, 0.2) is 29.2 Å². The van der Waals surface area contributed by atoms with Gasteiger partial charge in [0.25, 0.3) is 0 Å². The monoisotopic (exact) mass is 278 g/mol. The smallest absolute Gasteiger partial charge is 0.0332 e. The lowest BCUT2D eigenvalue weighted by Crippen LogP contribution is -2.43. The molecule has 1 fully saturated rings. The highest BCUT2D eigenvalue weighted by molar-refractivity contribution is 7.99. The topological polar surface area (TPSA) is 38.0 Å². The van der Waals surface area contributed by atoms with Gasteiger partial charge in [-0.05, 0) is 43.2 Å². The third-order valence-electron chi connectivity index (χ3n) is 4.36. The Labute approximate surface area is 121 Å². The second kappa shape index (κ2) is 7.32. The zero-order valence-electron chi connectivity index (χ0n) is 12.1. The van der Waals surface area contributed by atoms with Crippen molar-refractivity contribution in [2.45, 2.75) is 50.5 Å². The first-order chi connectivity index (χ1) is 9.20. The lowest BCUT2D eigenvalue weighted by Gasteiger charge is -2.32. The molecular weight excluding hydrogens is 252 g/mol. The van der Waals surface area contributed by atoms with Crippen molar-refractivity contribution in [3.05, 3.63) is 29.8 Å². The van der Waals surface area contributed by atoms with Crippen molar-refractivity contribution in [2.24, 2.45) is 17.7 Å². The summed E-state index contributed by atoms with van der Waals surface area (Å²) in [5.74, 6) is 8.50. The van der Waals surface area contributed by atoms with Gasteiger partial charge in [0.05, 0.1) is 0 Å². The Hall–Kier alpha value is -0.510. The van der Waals surface area contributed by atoms with Gasteiger partial charge in [0.1, 0.15) is 0 Å². The summed E-state index contributed by atoms with van der Waals surface area (Å²) in [6, 6.07) is 9.03. The maximum atomic E-state index is 5.78. The molecule has 0 bridgehead atoms. The van der Waals surface area contributed by atoms with Crippen molar-refractivity contribution >= 4 is 11.8 Å². The van der Waals surface area contributed by atoms with E-state index in [1.54, 1.807) is 0 Å². The van der Waals surface area contributed by atoms with E-state index in [0.29, 0.717) is 6.04 Å². The number of benzene rings is 1. The Morgan fingerprint density at radius 1 is 1.26 bits per heavy atom. The van der Waals surface area contributed by atoms with Crippen molar-refractivity contribution < 1.29 is 0 Å². The molecule has 1 saturated carbocycles. The van der Waals surface area contributed by atoms with E-state index in [4.69, 9.17) is 5.84 Å². The third-order valence-corrected chi connectivity index (χ3v) is 5.65. The highest BCUT2D eigenvalue weighted by atomic mass is 32.2. The molecule has 0 spiro atoms. The van der Waals surface area contributed by atoms with Gasteiger partial charge in [-0.2, -0.15) is 0 Å². The van der Waals surface area contributed by atoms with Gasteiger partial charge in [-0.25, -0.2) is 0 Å². The average molecular weight is 278 g/mol. The summed E-state index contributed by atoms with van der Waals surface area (Å²) in [5.41, 5.74) is 4.42. The molecule has 2 nitrogen and oxygen atoms in total. The molecule has 1 atom stereocenters. The van der Waals surface area contributed by atoms with Crippen LogP contribution in [0.25, 0.3) is 0 Å². The largest absolute Gasteiger partial charge is 0.271 e. The van der Waals surface area contributed by atoms with Crippen molar-refractivity contribution in [3.63, 3.8) is 0 Å². The van der Waals surface area contributed by atoms with E-state index >= 15 is 0 Å². The number of hydrazine groups is 1. The van der Waals surface area contributed by atoms with E-state index in [-0.39, 0.29) is 0 Å². The number of nitrogens with two attached hydrogens (primary N) is 1. The van der Waals surface area contributed by atoms with Crippen molar-refractivity contribution in [1.29, 1.82) is 0 Å². The van der Waals surface area contributed by atoms with E-state index in [1.807, 2.05) is 11.8 Å². The van der Waals surface area contributed by atoms with Crippen LogP contribution in [0.3, 0.4) is 0 Å². The molecule has 1 aliphatic carbocycles. The molecule has 106 valence electrons. The summed E-state index contributed by atoms with van der Waals surface area (Å²) in [4.78, 5) is 1.38. The van der Waals surface area contributed by atoms with Crippen LogP contribution >= 0.6 is 11.8 Å². The Balaban J connectivity index is 1.87. The van der Waals surface area contributed by atoms with Gasteiger partial charge < -0.3 is 0 Å². The molecular formula is C16H26N2S. The van der Waals surface area contributed by atoms with Crippen LogP contribution in [-0.4, -0.2) is 11.8 Å². The van der Waals surface area contributed by atoms with E-state index < -0.39 is 0 Å². The van der Waals surface area contributed by atoms with Crippen LogP contribution in [0.2, 0.25) is 0 Å². The molecule has 0 aromatic heterocycles. The van der Waals surface area contributed by atoms with Crippen molar-refractivity contribution in [3.8, 4) is 0 Å². The van der Waals surface area contributed by atoms with E-state index in [0.717, 1.165) is 17.6 Å². The molecule has 0 radical (unpaired) electrons. The van der Waals surface area contributed by atoms with Crippen LogP contribution in [-0.2, 0) is 0 Å². The first kappa shape index (κ1) is 14.9. The minimum Gasteiger partial charge on any atom is -0.271 e. The van der Waals surface area contributed by atoms with Crippen LogP contribution in [0, 0.1) is 18.8 Å². The highest BCUT2D eigenvalue weighted by Gasteiger charge is 2.25. The van der Waals surface area contributed by atoms with Gasteiger partial charge in [-0.15, -0.1) is 11.8 Å². The SMILES string of the molecule is Cc1ccccc1SCC(NN)C1CCC(C)CC1. The second-order valence-electron chi connectivity index (χ2n) is 5.87. The number of rotatable bonds is 5. The summed E-state index contributed by atoms with van der Waals surface area (Å²) in [6.07, 6.45) is 5.37. The number of thioether (sulfide) groups is 1. The van der Waals surface area contributed by atoms with Gasteiger partial charge in [0.2, 0.25) is 0 Å². The fraction of sp³-hybridized carbons (Fsp3) is 0.625. The van der Waals surface area contributed by atoms with Gasteiger partial charge in [-0.3, -0.25) is 11.3 Å². The standard InChI is InChI=1S/C16H26N2S/c1-12-7-9-14(10-8-12)15(18-17)11-19-16-6-4-3-5-13(16)2/h3-6,12,14-15,18H,7-11,17H2,1-2H3. The van der Waals surface area contributed by atoms with Gasteiger partial charge in [0, 0.05) is 16.7 Å². The zero-order chi connectivity index (χ0) is 13.7. The molecule has 1 aromatic rings. The quantitative estimate of drug-likeness (QED) is 0.489. The van der Waals surface area contributed by atoms with Crippen LogP contribution < -0.4 is 11.3 Å². The van der Waals surface area contributed by atoms with Gasteiger partial charge in [-0.1, -0.05) is 38.0 Å². The molecule has 3 N–H and O–H groups in total. The summed E-state index contributed by atoms with van der Waals surface area (Å²) in [5, 5.41) is 0. The van der Waals surface area contributed by atoms with Crippen LogP contribution in [0.5, 0.6) is 0 Å². The third kappa shape index (κ3) is 4.23. The molecule has 1 aromatic carbocycles.